The highest BCUT2D eigenvalue weighted by Gasteiger charge is 2.08. The van der Waals surface area contributed by atoms with E-state index in [9.17, 15) is 4.39 Å². The lowest BCUT2D eigenvalue weighted by Gasteiger charge is -2.14. The Morgan fingerprint density at radius 3 is 2.62 bits per heavy atom. The van der Waals surface area contributed by atoms with Gasteiger partial charge >= 0.3 is 0 Å². The third kappa shape index (κ3) is 4.60. The molecule has 0 bridgehead atoms. The number of benzene rings is 2. The second-order valence-electron chi connectivity index (χ2n) is 4.97. The average molecular weight is 328 g/mol. The molecule has 1 unspecified atom stereocenters. The normalized spacial score (nSPS) is 12.2. The lowest BCUT2D eigenvalue weighted by molar-refractivity contribution is 0.302. The number of hydrogen-bond acceptors (Lipinski definition) is 2. The molecule has 2 nitrogen and oxygen atoms in total. The van der Waals surface area contributed by atoms with Gasteiger partial charge in [-0.1, -0.05) is 29.3 Å². The first-order valence-electron chi connectivity index (χ1n) is 6.56. The topological polar surface area (TPSA) is 35.2 Å². The molecule has 2 rings (SSSR count). The van der Waals surface area contributed by atoms with Crippen molar-refractivity contribution in [2.45, 2.75) is 26.0 Å². The van der Waals surface area contributed by atoms with Gasteiger partial charge in [-0.05, 0) is 54.8 Å². The van der Waals surface area contributed by atoms with Crippen LogP contribution in [0.1, 0.15) is 18.1 Å². The number of rotatable bonds is 5. The highest BCUT2D eigenvalue weighted by Crippen LogP contribution is 2.25. The van der Waals surface area contributed by atoms with Crippen LogP contribution in [0.2, 0.25) is 10.0 Å². The van der Waals surface area contributed by atoms with Crippen LogP contribution in [-0.2, 0) is 13.0 Å². The van der Waals surface area contributed by atoms with Crippen molar-refractivity contribution in [1.29, 1.82) is 0 Å². The van der Waals surface area contributed by atoms with Gasteiger partial charge in [0.1, 0.15) is 18.2 Å². The summed E-state index contributed by atoms with van der Waals surface area (Å²) in [6.45, 7) is 2.22. The minimum absolute atomic E-state index is 0.00563. The van der Waals surface area contributed by atoms with E-state index in [4.69, 9.17) is 33.7 Å². The van der Waals surface area contributed by atoms with Crippen molar-refractivity contribution in [1.82, 2.24) is 0 Å². The van der Waals surface area contributed by atoms with Gasteiger partial charge in [0.2, 0.25) is 0 Å². The van der Waals surface area contributed by atoms with Crippen LogP contribution in [-0.4, -0.2) is 6.04 Å². The zero-order valence-corrected chi connectivity index (χ0v) is 13.1. The molecular weight excluding hydrogens is 312 g/mol. The molecule has 5 heteroatoms. The van der Waals surface area contributed by atoms with Gasteiger partial charge in [-0.3, -0.25) is 0 Å². The predicted molar refractivity (Wildman–Crippen MR) is 84.5 cm³/mol. The highest BCUT2D eigenvalue weighted by molar-refractivity contribution is 6.31. The SMILES string of the molecule is CC(N)Cc1cc(Cl)ccc1OCc1ccc(F)c(Cl)c1. The summed E-state index contributed by atoms with van der Waals surface area (Å²) in [5.74, 6) is 0.279. The maximum atomic E-state index is 13.1. The minimum Gasteiger partial charge on any atom is -0.489 e. The lowest BCUT2D eigenvalue weighted by Crippen LogP contribution is -2.18. The molecule has 0 aliphatic rings. The number of nitrogens with two attached hydrogens (primary N) is 1. The van der Waals surface area contributed by atoms with E-state index >= 15 is 0 Å². The first-order valence-corrected chi connectivity index (χ1v) is 7.32. The van der Waals surface area contributed by atoms with Gasteiger partial charge in [-0.2, -0.15) is 0 Å². The Morgan fingerprint density at radius 2 is 1.95 bits per heavy atom. The van der Waals surface area contributed by atoms with Gasteiger partial charge in [0.05, 0.1) is 5.02 Å². The van der Waals surface area contributed by atoms with Gasteiger partial charge < -0.3 is 10.5 Å². The van der Waals surface area contributed by atoms with E-state index in [0.29, 0.717) is 18.1 Å². The number of halogens is 3. The maximum absolute atomic E-state index is 13.1. The van der Waals surface area contributed by atoms with E-state index in [2.05, 4.69) is 0 Å². The van der Waals surface area contributed by atoms with Crippen LogP contribution in [0.5, 0.6) is 5.75 Å². The molecule has 0 radical (unpaired) electrons. The molecule has 0 aliphatic carbocycles. The fourth-order valence-corrected chi connectivity index (χ4v) is 2.38. The summed E-state index contributed by atoms with van der Waals surface area (Å²) in [7, 11) is 0. The van der Waals surface area contributed by atoms with Crippen LogP contribution in [0.3, 0.4) is 0 Å². The first kappa shape index (κ1) is 16.1. The first-order chi connectivity index (χ1) is 9.95. The Labute approximate surface area is 133 Å². The molecule has 21 heavy (non-hydrogen) atoms. The zero-order valence-electron chi connectivity index (χ0n) is 11.6. The maximum Gasteiger partial charge on any atom is 0.141 e. The second-order valence-corrected chi connectivity index (χ2v) is 5.81. The van der Waals surface area contributed by atoms with Crippen molar-refractivity contribution in [3.05, 3.63) is 63.4 Å². The van der Waals surface area contributed by atoms with Crippen molar-refractivity contribution in [3.63, 3.8) is 0 Å². The molecule has 112 valence electrons. The second kappa shape index (κ2) is 7.12. The monoisotopic (exact) mass is 327 g/mol. The molecule has 0 spiro atoms. The molecular formula is C16H16Cl2FNO. The molecule has 0 saturated heterocycles. The molecule has 0 fully saturated rings. The Balaban J connectivity index is 2.13. The van der Waals surface area contributed by atoms with E-state index < -0.39 is 5.82 Å². The molecule has 0 amide bonds. The molecule has 2 N–H and O–H groups in total. The third-order valence-electron chi connectivity index (χ3n) is 2.94. The van der Waals surface area contributed by atoms with Crippen molar-refractivity contribution < 1.29 is 9.13 Å². The highest BCUT2D eigenvalue weighted by atomic mass is 35.5. The van der Waals surface area contributed by atoms with Crippen LogP contribution < -0.4 is 10.5 Å². The minimum atomic E-state index is -0.440. The summed E-state index contributed by atoms with van der Waals surface area (Å²) in [5.41, 5.74) is 7.57. The number of ether oxygens (including phenoxy) is 1. The average Bonchev–Trinajstić information content (AvgIpc) is 2.41. The quantitative estimate of drug-likeness (QED) is 0.870. The Bertz CT molecular complexity index is 632. The summed E-state index contributed by atoms with van der Waals surface area (Å²) in [5, 5.41) is 0.728. The summed E-state index contributed by atoms with van der Waals surface area (Å²) in [4.78, 5) is 0. The van der Waals surface area contributed by atoms with E-state index in [1.807, 2.05) is 19.1 Å². The van der Waals surface area contributed by atoms with Gasteiger partial charge in [0, 0.05) is 11.1 Å². The van der Waals surface area contributed by atoms with E-state index in [0.717, 1.165) is 16.9 Å². The van der Waals surface area contributed by atoms with E-state index in [1.165, 1.54) is 6.07 Å². The van der Waals surface area contributed by atoms with E-state index in [1.54, 1.807) is 18.2 Å². The number of hydrogen-bond donors (Lipinski definition) is 1. The Hall–Kier alpha value is -1.29. The van der Waals surface area contributed by atoms with Gasteiger partial charge in [-0.15, -0.1) is 0 Å². The van der Waals surface area contributed by atoms with Crippen LogP contribution in [0.25, 0.3) is 0 Å². The van der Waals surface area contributed by atoms with Crippen molar-refractivity contribution in [3.8, 4) is 5.75 Å². The summed E-state index contributed by atoms with van der Waals surface area (Å²) < 4.78 is 18.9. The molecule has 2 aromatic rings. The van der Waals surface area contributed by atoms with Crippen molar-refractivity contribution in [2.24, 2.45) is 5.73 Å². The fraction of sp³-hybridized carbons (Fsp3) is 0.250. The fourth-order valence-electron chi connectivity index (χ4n) is 1.99. The Kier molecular flexibility index (Phi) is 5.45. The smallest absolute Gasteiger partial charge is 0.141 e. The van der Waals surface area contributed by atoms with E-state index in [-0.39, 0.29) is 11.1 Å². The summed E-state index contributed by atoms with van der Waals surface area (Å²) >= 11 is 11.8. The van der Waals surface area contributed by atoms with Crippen LogP contribution in [0, 0.1) is 5.82 Å². The third-order valence-corrected chi connectivity index (χ3v) is 3.47. The largest absolute Gasteiger partial charge is 0.489 e. The van der Waals surface area contributed by atoms with Gasteiger partial charge in [0.25, 0.3) is 0 Å². The standard InChI is InChI=1S/C16H16Cl2FNO/c1-10(20)6-12-8-13(17)3-5-16(12)21-9-11-2-4-15(19)14(18)7-11/h2-5,7-8,10H,6,9,20H2,1H3. The lowest BCUT2D eigenvalue weighted by atomic mass is 10.1. The summed E-state index contributed by atoms with van der Waals surface area (Å²) in [6, 6.07) is 9.94. The van der Waals surface area contributed by atoms with Crippen LogP contribution in [0.15, 0.2) is 36.4 Å². The van der Waals surface area contributed by atoms with Gasteiger partial charge in [-0.25, -0.2) is 4.39 Å². The molecule has 0 heterocycles. The molecule has 1 atom stereocenters. The summed E-state index contributed by atoms with van der Waals surface area (Å²) in [6.07, 6.45) is 0.667. The van der Waals surface area contributed by atoms with Crippen LogP contribution >= 0.6 is 23.2 Å². The van der Waals surface area contributed by atoms with Crippen molar-refractivity contribution in [2.75, 3.05) is 0 Å². The zero-order chi connectivity index (χ0) is 15.4. The van der Waals surface area contributed by atoms with Gasteiger partial charge in [0.15, 0.2) is 0 Å². The van der Waals surface area contributed by atoms with Crippen LogP contribution in [0.4, 0.5) is 4.39 Å². The Morgan fingerprint density at radius 1 is 1.19 bits per heavy atom. The molecule has 2 aromatic carbocycles. The van der Waals surface area contributed by atoms with Crippen molar-refractivity contribution >= 4 is 23.2 Å². The molecule has 0 aromatic heterocycles. The molecule has 0 saturated carbocycles. The predicted octanol–water partition coefficient (Wildman–Crippen LogP) is 4.60. The molecule has 0 aliphatic heterocycles.